The Kier molecular flexibility index (Phi) is 3.53. The molecular weight excluding hydrogens is 286 g/mol. The van der Waals surface area contributed by atoms with Gasteiger partial charge in [-0.05, 0) is 24.3 Å². The largest absolute Gasteiger partial charge is 0.481 e. The van der Waals surface area contributed by atoms with Crippen LogP contribution in [0.25, 0.3) is 5.69 Å². The zero-order chi connectivity index (χ0) is 12.3. The molecule has 0 aliphatic rings. The van der Waals surface area contributed by atoms with E-state index in [0.29, 0.717) is 12.1 Å². The van der Waals surface area contributed by atoms with Gasteiger partial charge in [-0.3, -0.25) is 4.79 Å². The predicted octanol–water partition coefficient (Wildman–Crippen LogP) is 2.05. The normalized spacial score (nSPS) is 10.4. The summed E-state index contributed by atoms with van der Waals surface area (Å²) in [6.07, 6.45) is 2.21. The van der Waals surface area contributed by atoms with E-state index in [4.69, 9.17) is 5.11 Å². The van der Waals surface area contributed by atoms with Gasteiger partial charge in [0.25, 0.3) is 0 Å². The molecule has 17 heavy (non-hydrogen) atoms. The number of rotatable bonds is 4. The van der Waals surface area contributed by atoms with E-state index in [2.05, 4.69) is 26.2 Å². The van der Waals surface area contributed by atoms with Gasteiger partial charge in [-0.1, -0.05) is 21.1 Å². The quantitative estimate of drug-likeness (QED) is 0.937. The van der Waals surface area contributed by atoms with Gasteiger partial charge in [-0.2, -0.15) is 0 Å². The minimum absolute atomic E-state index is 0.0685. The molecule has 0 atom stereocenters. The van der Waals surface area contributed by atoms with E-state index < -0.39 is 5.97 Å². The highest BCUT2D eigenvalue weighted by atomic mass is 79.9. The smallest absolute Gasteiger partial charge is 0.303 e. The number of carbonyl (C=O) groups is 1. The van der Waals surface area contributed by atoms with Crippen LogP contribution in [-0.2, 0) is 11.2 Å². The molecule has 2 aromatic rings. The van der Waals surface area contributed by atoms with Crippen LogP contribution in [0.5, 0.6) is 0 Å². The van der Waals surface area contributed by atoms with Crippen molar-refractivity contribution in [2.45, 2.75) is 12.8 Å². The van der Waals surface area contributed by atoms with Crippen LogP contribution in [0.15, 0.2) is 34.9 Å². The van der Waals surface area contributed by atoms with Gasteiger partial charge < -0.3 is 5.11 Å². The molecule has 2 rings (SSSR count). The number of nitrogens with zero attached hydrogens (tertiary/aromatic N) is 3. The van der Waals surface area contributed by atoms with Gasteiger partial charge in [0.05, 0.1) is 24.0 Å². The summed E-state index contributed by atoms with van der Waals surface area (Å²) in [5.74, 6) is -0.830. The Balaban J connectivity index is 2.12. The molecule has 0 aliphatic heterocycles. The van der Waals surface area contributed by atoms with Crippen LogP contribution in [0, 0.1) is 0 Å². The van der Waals surface area contributed by atoms with Crippen molar-refractivity contribution in [3.63, 3.8) is 0 Å². The summed E-state index contributed by atoms with van der Waals surface area (Å²) < 4.78 is 2.62. The summed E-state index contributed by atoms with van der Waals surface area (Å²) >= 11 is 3.35. The van der Waals surface area contributed by atoms with Gasteiger partial charge in [0, 0.05) is 10.9 Å². The van der Waals surface area contributed by atoms with Crippen molar-refractivity contribution in [3.8, 4) is 5.69 Å². The molecule has 0 spiro atoms. The summed E-state index contributed by atoms with van der Waals surface area (Å²) in [5, 5.41) is 16.4. The van der Waals surface area contributed by atoms with E-state index in [1.165, 1.54) is 0 Å². The number of hydrogen-bond donors (Lipinski definition) is 1. The Morgan fingerprint density at radius 1 is 1.35 bits per heavy atom. The van der Waals surface area contributed by atoms with E-state index in [-0.39, 0.29) is 6.42 Å². The van der Waals surface area contributed by atoms with Gasteiger partial charge >= 0.3 is 5.97 Å². The molecule has 0 fully saturated rings. The average molecular weight is 296 g/mol. The van der Waals surface area contributed by atoms with Crippen LogP contribution < -0.4 is 0 Å². The number of carboxylic acid groups (broad SMARTS) is 1. The predicted molar refractivity (Wildman–Crippen MR) is 65.0 cm³/mol. The first-order valence-electron chi connectivity index (χ1n) is 5.04. The van der Waals surface area contributed by atoms with Crippen molar-refractivity contribution in [2.75, 3.05) is 0 Å². The number of aryl methyl sites for hydroxylation is 1. The standard InChI is InChI=1S/C11H10BrN3O2/c12-8-1-4-10(5-2-8)15-7-9(13-14-15)3-6-11(16)17/h1-2,4-5,7H,3,6H2,(H,16,17). The second kappa shape index (κ2) is 5.09. The third-order valence-corrected chi connectivity index (χ3v) is 2.76. The van der Waals surface area contributed by atoms with E-state index >= 15 is 0 Å². The Morgan fingerprint density at radius 2 is 2.06 bits per heavy atom. The highest BCUT2D eigenvalue weighted by Crippen LogP contribution is 2.13. The maximum atomic E-state index is 10.4. The number of benzene rings is 1. The fraction of sp³-hybridized carbons (Fsp3) is 0.182. The van der Waals surface area contributed by atoms with E-state index in [1.807, 2.05) is 24.3 Å². The maximum absolute atomic E-state index is 10.4. The third-order valence-electron chi connectivity index (χ3n) is 2.23. The van der Waals surface area contributed by atoms with Crippen LogP contribution >= 0.6 is 15.9 Å². The molecule has 1 N–H and O–H groups in total. The SMILES string of the molecule is O=C(O)CCc1cn(-c2ccc(Br)cc2)nn1. The van der Waals surface area contributed by atoms with Crippen molar-refractivity contribution in [3.05, 3.63) is 40.6 Å². The molecule has 5 nitrogen and oxygen atoms in total. The Morgan fingerprint density at radius 3 is 2.71 bits per heavy atom. The molecule has 0 bridgehead atoms. The lowest BCUT2D eigenvalue weighted by Crippen LogP contribution is -1.97. The average Bonchev–Trinajstić information content (AvgIpc) is 2.76. The second-order valence-electron chi connectivity index (χ2n) is 3.52. The van der Waals surface area contributed by atoms with Crippen molar-refractivity contribution >= 4 is 21.9 Å². The number of aromatic nitrogens is 3. The van der Waals surface area contributed by atoms with Crippen LogP contribution in [0.2, 0.25) is 0 Å². The molecule has 0 radical (unpaired) electrons. The minimum Gasteiger partial charge on any atom is -0.481 e. The second-order valence-corrected chi connectivity index (χ2v) is 4.44. The zero-order valence-corrected chi connectivity index (χ0v) is 10.5. The highest BCUT2D eigenvalue weighted by molar-refractivity contribution is 9.10. The summed E-state index contributed by atoms with van der Waals surface area (Å²) in [5.41, 5.74) is 1.57. The first kappa shape index (κ1) is 11.8. The van der Waals surface area contributed by atoms with E-state index in [9.17, 15) is 4.79 Å². The molecule has 1 aromatic carbocycles. The molecular formula is C11H10BrN3O2. The number of carboxylic acids is 1. The molecule has 1 heterocycles. The summed E-state index contributed by atoms with van der Waals surface area (Å²) in [6, 6.07) is 7.63. The number of halogens is 1. The molecule has 0 saturated heterocycles. The third kappa shape index (κ3) is 3.13. The van der Waals surface area contributed by atoms with Crippen LogP contribution in [0.4, 0.5) is 0 Å². The molecule has 6 heteroatoms. The molecule has 0 aliphatic carbocycles. The molecule has 1 aromatic heterocycles. The highest BCUT2D eigenvalue weighted by Gasteiger charge is 2.05. The topological polar surface area (TPSA) is 68.0 Å². The van der Waals surface area contributed by atoms with Crippen molar-refractivity contribution in [1.29, 1.82) is 0 Å². The van der Waals surface area contributed by atoms with Gasteiger partial charge in [-0.15, -0.1) is 5.10 Å². The minimum atomic E-state index is -0.830. The summed E-state index contributed by atoms with van der Waals surface area (Å²) in [6.45, 7) is 0. The Labute approximate surface area is 106 Å². The first-order chi connectivity index (χ1) is 8.15. The summed E-state index contributed by atoms with van der Waals surface area (Å²) in [4.78, 5) is 10.4. The Bertz CT molecular complexity index is 522. The number of aliphatic carboxylic acids is 1. The monoisotopic (exact) mass is 295 g/mol. The van der Waals surface area contributed by atoms with Crippen molar-refractivity contribution < 1.29 is 9.90 Å². The van der Waals surface area contributed by atoms with Crippen LogP contribution in [0.3, 0.4) is 0 Å². The zero-order valence-electron chi connectivity index (χ0n) is 8.88. The molecule has 88 valence electrons. The van der Waals surface area contributed by atoms with Gasteiger partial charge in [0.1, 0.15) is 0 Å². The maximum Gasteiger partial charge on any atom is 0.303 e. The fourth-order valence-corrected chi connectivity index (χ4v) is 1.63. The lowest BCUT2D eigenvalue weighted by molar-refractivity contribution is -0.136. The van der Waals surface area contributed by atoms with Crippen molar-refractivity contribution in [1.82, 2.24) is 15.0 Å². The molecule has 0 unspecified atom stereocenters. The lowest BCUT2D eigenvalue weighted by atomic mass is 10.2. The number of hydrogen-bond acceptors (Lipinski definition) is 3. The summed E-state index contributed by atoms with van der Waals surface area (Å²) in [7, 11) is 0. The van der Waals surface area contributed by atoms with E-state index in [1.54, 1.807) is 10.9 Å². The fourth-order valence-electron chi connectivity index (χ4n) is 1.37. The van der Waals surface area contributed by atoms with Crippen LogP contribution in [-0.4, -0.2) is 26.1 Å². The van der Waals surface area contributed by atoms with Gasteiger partial charge in [0.15, 0.2) is 0 Å². The molecule has 0 saturated carbocycles. The lowest BCUT2D eigenvalue weighted by Gasteiger charge is -1.98. The van der Waals surface area contributed by atoms with Gasteiger partial charge in [-0.25, -0.2) is 4.68 Å². The van der Waals surface area contributed by atoms with Crippen LogP contribution in [0.1, 0.15) is 12.1 Å². The first-order valence-corrected chi connectivity index (χ1v) is 5.83. The van der Waals surface area contributed by atoms with E-state index in [0.717, 1.165) is 10.2 Å². The van der Waals surface area contributed by atoms with Gasteiger partial charge in [0.2, 0.25) is 0 Å². The van der Waals surface area contributed by atoms with Crippen molar-refractivity contribution in [2.24, 2.45) is 0 Å². The Hall–Kier alpha value is -1.69. The molecule has 0 amide bonds.